The molecule has 0 amide bonds. The van der Waals surface area contributed by atoms with Gasteiger partial charge in [0.25, 0.3) is 0 Å². The Morgan fingerprint density at radius 1 is 1.16 bits per heavy atom. The van der Waals surface area contributed by atoms with E-state index in [1.165, 1.54) is 18.4 Å². The van der Waals surface area contributed by atoms with Crippen molar-refractivity contribution >= 4 is 27.7 Å². The molecule has 0 aliphatic carbocycles. The molecule has 1 saturated heterocycles. The molecule has 3 heterocycles. The number of nitrogens with zero attached hydrogens (tertiary/aromatic N) is 5. The highest BCUT2D eigenvalue weighted by atomic mass is 32.2. The quantitative estimate of drug-likeness (QED) is 0.459. The van der Waals surface area contributed by atoms with E-state index in [9.17, 15) is 8.42 Å². The summed E-state index contributed by atoms with van der Waals surface area (Å²) in [6.45, 7) is 4.77. The van der Waals surface area contributed by atoms with E-state index >= 15 is 0 Å². The smallest absolute Gasteiger partial charge is 0.242 e. The number of aromatic nitrogens is 3. The summed E-state index contributed by atoms with van der Waals surface area (Å²) in [5.41, 5.74) is 0.916. The van der Waals surface area contributed by atoms with Crippen molar-refractivity contribution in [3.63, 3.8) is 0 Å². The predicted octanol–water partition coefficient (Wildman–Crippen LogP) is 3.70. The third-order valence-corrected chi connectivity index (χ3v) is 8.55. The predicted molar refractivity (Wildman–Crippen MR) is 125 cm³/mol. The molecule has 0 saturated carbocycles. The number of furan rings is 1. The number of rotatable bonds is 8. The molecule has 2 aromatic heterocycles. The number of hydrogen-bond acceptors (Lipinski definition) is 7. The molecule has 0 radical (unpaired) electrons. The Labute approximate surface area is 193 Å². The minimum atomic E-state index is -3.47. The van der Waals surface area contributed by atoms with Crippen LogP contribution in [0.5, 0.6) is 0 Å². The molecule has 10 heteroatoms. The zero-order valence-corrected chi connectivity index (χ0v) is 20.3. The van der Waals surface area contributed by atoms with Crippen LogP contribution in [0.3, 0.4) is 0 Å². The van der Waals surface area contributed by atoms with Crippen molar-refractivity contribution in [3.05, 3.63) is 54.0 Å². The second-order valence-electron chi connectivity index (χ2n) is 8.34. The zero-order chi connectivity index (χ0) is 22.7. The van der Waals surface area contributed by atoms with Crippen molar-refractivity contribution in [3.8, 4) is 0 Å². The van der Waals surface area contributed by atoms with Crippen LogP contribution in [0.4, 0.5) is 5.95 Å². The normalized spacial score (nSPS) is 15.6. The van der Waals surface area contributed by atoms with Crippen LogP contribution in [0, 0.1) is 5.92 Å². The molecule has 0 bridgehead atoms. The molecule has 1 fully saturated rings. The maximum Gasteiger partial charge on any atom is 0.242 e. The van der Waals surface area contributed by atoms with Crippen molar-refractivity contribution in [2.45, 2.75) is 42.1 Å². The Kier molecular flexibility index (Phi) is 6.92. The standard InChI is InChI=1S/C22H29N5O3S2/c1-17-9-11-26(12-10-17)21-23-24-22(27(21)15-19-7-5-13-30-19)31-16-18-6-4-8-20(14-18)32(28,29)25(2)3/h4-8,13-14,17H,9-12,15-16H2,1-3H3. The summed E-state index contributed by atoms with van der Waals surface area (Å²) in [6.07, 6.45) is 3.96. The van der Waals surface area contributed by atoms with Gasteiger partial charge >= 0.3 is 0 Å². The van der Waals surface area contributed by atoms with Crippen molar-refractivity contribution in [2.75, 3.05) is 32.1 Å². The van der Waals surface area contributed by atoms with Crippen LogP contribution in [0.1, 0.15) is 31.1 Å². The zero-order valence-electron chi connectivity index (χ0n) is 18.6. The number of benzene rings is 1. The average Bonchev–Trinajstić information content (AvgIpc) is 3.43. The van der Waals surface area contributed by atoms with E-state index in [1.807, 2.05) is 18.2 Å². The maximum absolute atomic E-state index is 12.5. The molecule has 0 unspecified atom stereocenters. The number of thioether (sulfide) groups is 1. The minimum Gasteiger partial charge on any atom is -0.467 e. The lowest BCUT2D eigenvalue weighted by Crippen LogP contribution is -2.35. The van der Waals surface area contributed by atoms with Gasteiger partial charge in [-0.25, -0.2) is 12.7 Å². The topological polar surface area (TPSA) is 84.5 Å². The third-order valence-electron chi connectivity index (χ3n) is 5.70. The van der Waals surface area contributed by atoms with Gasteiger partial charge in [-0.15, -0.1) is 10.2 Å². The van der Waals surface area contributed by atoms with Crippen molar-refractivity contribution in [2.24, 2.45) is 5.92 Å². The highest BCUT2D eigenvalue weighted by Crippen LogP contribution is 2.29. The lowest BCUT2D eigenvalue weighted by atomic mass is 10.00. The van der Waals surface area contributed by atoms with E-state index in [0.29, 0.717) is 17.2 Å². The molecule has 0 atom stereocenters. The van der Waals surface area contributed by atoms with E-state index in [-0.39, 0.29) is 0 Å². The van der Waals surface area contributed by atoms with Crippen LogP contribution in [0.25, 0.3) is 0 Å². The SMILES string of the molecule is CC1CCN(c2nnc(SCc3cccc(S(=O)(=O)N(C)C)c3)n2Cc2ccco2)CC1. The summed E-state index contributed by atoms with van der Waals surface area (Å²) in [5, 5.41) is 9.77. The first kappa shape index (κ1) is 22.9. The highest BCUT2D eigenvalue weighted by Gasteiger charge is 2.24. The highest BCUT2D eigenvalue weighted by molar-refractivity contribution is 7.98. The van der Waals surface area contributed by atoms with Crippen LogP contribution < -0.4 is 4.90 Å². The van der Waals surface area contributed by atoms with Gasteiger partial charge in [-0.3, -0.25) is 4.57 Å². The van der Waals surface area contributed by atoms with Crippen LogP contribution in [0.2, 0.25) is 0 Å². The van der Waals surface area contributed by atoms with E-state index in [2.05, 4.69) is 26.6 Å². The number of anilines is 1. The molecule has 1 aromatic carbocycles. The summed E-state index contributed by atoms with van der Waals surface area (Å²) in [7, 11) is -0.391. The van der Waals surface area contributed by atoms with E-state index < -0.39 is 10.0 Å². The summed E-state index contributed by atoms with van der Waals surface area (Å²) >= 11 is 1.55. The monoisotopic (exact) mass is 475 g/mol. The molecule has 3 aromatic rings. The molecule has 1 aliphatic rings. The van der Waals surface area contributed by atoms with Crippen molar-refractivity contribution in [1.29, 1.82) is 0 Å². The van der Waals surface area contributed by atoms with Gasteiger partial charge in [-0.2, -0.15) is 0 Å². The lowest BCUT2D eigenvalue weighted by molar-refractivity contribution is 0.427. The molecule has 0 N–H and O–H groups in total. The summed E-state index contributed by atoms with van der Waals surface area (Å²) in [5.74, 6) is 3.02. The van der Waals surface area contributed by atoms with Crippen LogP contribution in [0.15, 0.2) is 57.1 Å². The summed E-state index contributed by atoms with van der Waals surface area (Å²) in [6, 6.07) is 10.9. The van der Waals surface area contributed by atoms with E-state index in [1.54, 1.807) is 36.2 Å². The Morgan fingerprint density at radius 2 is 1.94 bits per heavy atom. The largest absolute Gasteiger partial charge is 0.467 e. The minimum absolute atomic E-state index is 0.292. The van der Waals surface area contributed by atoms with Crippen LogP contribution in [-0.4, -0.2) is 54.7 Å². The first-order valence-electron chi connectivity index (χ1n) is 10.7. The van der Waals surface area contributed by atoms with Crippen molar-refractivity contribution in [1.82, 2.24) is 19.1 Å². The van der Waals surface area contributed by atoms with Gasteiger partial charge < -0.3 is 9.32 Å². The Balaban J connectivity index is 1.56. The molecule has 172 valence electrons. The molecular weight excluding hydrogens is 446 g/mol. The Hall–Kier alpha value is -2.30. The van der Waals surface area contributed by atoms with Crippen molar-refractivity contribution < 1.29 is 12.8 Å². The van der Waals surface area contributed by atoms with Crippen LogP contribution >= 0.6 is 11.8 Å². The van der Waals surface area contributed by atoms with E-state index in [0.717, 1.165) is 54.3 Å². The van der Waals surface area contributed by atoms with Gasteiger partial charge in [0.2, 0.25) is 16.0 Å². The molecule has 0 spiro atoms. The van der Waals surface area contributed by atoms with Gasteiger partial charge in [0.15, 0.2) is 5.16 Å². The second-order valence-corrected chi connectivity index (χ2v) is 11.4. The Morgan fingerprint density at radius 3 is 2.62 bits per heavy atom. The fourth-order valence-electron chi connectivity index (χ4n) is 3.68. The maximum atomic E-state index is 12.5. The first-order valence-corrected chi connectivity index (χ1v) is 13.1. The fourth-order valence-corrected chi connectivity index (χ4v) is 5.53. The fraction of sp³-hybridized carbons (Fsp3) is 0.455. The molecular formula is C22H29N5O3S2. The Bertz CT molecular complexity index is 1130. The summed E-state index contributed by atoms with van der Waals surface area (Å²) in [4.78, 5) is 2.59. The average molecular weight is 476 g/mol. The molecule has 8 nitrogen and oxygen atoms in total. The van der Waals surface area contributed by atoms with Gasteiger partial charge in [0, 0.05) is 32.9 Å². The third kappa shape index (κ3) is 5.02. The molecule has 32 heavy (non-hydrogen) atoms. The number of sulfonamides is 1. The van der Waals surface area contributed by atoms with E-state index in [4.69, 9.17) is 4.42 Å². The second kappa shape index (κ2) is 9.68. The van der Waals surface area contributed by atoms with Gasteiger partial charge in [-0.1, -0.05) is 30.8 Å². The molecule has 1 aliphatic heterocycles. The molecule has 4 rings (SSSR count). The van der Waals surface area contributed by atoms with Gasteiger partial charge in [0.05, 0.1) is 17.7 Å². The first-order chi connectivity index (χ1) is 15.3. The number of piperidine rings is 1. The summed E-state index contributed by atoms with van der Waals surface area (Å²) < 4.78 is 33.8. The van der Waals surface area contributed by atoms with Gasteiger partial charge in [-0.05, 0) is 48.6 Å². The van der Waals surface area contributed by atoms with Crippen LogP contribution in [-0.2, 0) is 22.3 Å². The number of hydrogen-bond donors (Lipinski definition) is 0. The van der Waals surface area contributed by atoms with Gasteiger partial charge in [0.1, 0.15) is 5.76 Å². The lowest BCUT2D eigenvalue weighted by Gasteiger charge is -2.31.